The van der Waals surface area contributed by atoms with Crippen LogP contribution in [0.25, 0.3) is 0 Å². The van der Waals surface area contributed by atoms with E-state index in [0.29, 0.717) is 0 Å². The van der Waals surface area contributed by atoms with Gasteiger partial charge in [0.2, 0.25) is 0 Å². The quantitative estimate of drug-likeness (QED) is 0.847. The van der Waals surface area contributed by atoms with E-state index >= 15 is 0 Å². The molecule has 112 valence electrons. The molecule has 4 rings (SSSR count). The topological polar surface area (TPSA) is 37.2 Å². The Morgan fingerprint density at radius 1 is 1.38 bits per heavy atom. The summed E-state index contributed by atoms with van der Waals surface area (Å²) in [5.74, 6) is 0. The summed E-state index contributed by atoms with van der Waals surface area (Å²) in [4.78, 5) is 13.8. The van der Waals surface area contributed by atoms with Gasteiger partial charge in [0.05, 0.1) is 24.1 Å². The normalized spacial score (nSPS) is 27.1. The molecule has 2 aliphatic heterocycles. The molecule has 5 nitrogen and oxygen atoms in total. The molecule has 0 aliphatic carbocycles. The Balaban J connectivity index is 1.60. The molecule has 2 aliphatic rings. The van der Waals surface area contributed by atoms with Crippen molar-refractivity contribution in [3.63, 3.8) is 0 Å². The van der Waals surface area contributed by atoms with Gasteiger partial charge < -0.3 is 4.57 Å². The number of hydrogen-bond acceptors (Lipinski definition) is 5. The highest BCUT2D eigenvalue weighted by Crippen LogP contribution is 2.35. The Labute approximate surface area is 129 Å². The zero-order valence-electron chi connectivity index (χ0n) is 12.4. The molecule has 0 radical (unpaired) electrons. The van der Waals surface area contributed by atoms with Crippen LogP contribution >= 0.6 is 11.3 Å². The number of likely N-dealkylation sites (tertiary alicyclic amines) is 1. The van der Waals surface area contributed by atoms with E-state index in [-0.39, 0.29) is 5.54 Å². The first-order valence-electron chi connectivity index (χ1n) is 7.56. The van der Waals surface area contributed by atoms with E-state index in [1.165, 1.54) is 30.1 Å². The highest BCUT2D eigenvalue weighted by molar-refractivity contribution is 7.09. The molecule has 1 saturated heterocycles. The van der Waals surface area contributed by atoms with Gasteiger partial charge in [-0.3, -0.25) is 9.80 Å². The van der Waals surface area contributed by atoms with Crippen LogP contribution in [-0.4, -0.2) is 51.0 Å². The second-order valence-corrected chi connectivity index (χ2v) is 7.37. The van der Waals surface area contributed by atoms with Crippen LogP contribution in [-0.2, 0) is 18.6 Å². The average Bonchev–Trinajstić information content (AvgIpc) is 3.10. The summed E-state index contributed by atoms with van der Waals surface area (Å²) in [5.41, 5.74) is 1.54. The van der Waals surface area contributed by atoms with Crippen LogP contribution in [0, 0.1) is 0 Å². The average molecular weight is 303 g/mol. The third-order valence-corrected chi connectivity index (χ3v) is 5.46. The van der Waals surface area contributed by atoms with Crippen LogP contribution in [0.2, 0.25) is 0 Å². The van der Waals surface area contributed by atoms with E-state index in [4.69, 9.17) is 0 Å². The molecule has 0 N–H and O–H groups in total. The Hall–Kier alpha value is -1.24. The van der Waals surface area contributed by atoms with Crippen molar-refractivity contribution < 1.29 is 0 Å². The molecule has 2 aromatic heterocycles. The smallest absolute Gasteiger partial charge is 0.107 e. The first-order chi connectivity index (χ1) is 10.3. The number of imidazole rings is 1. The lowest BCUT2D eigenvalue weighted by molar-refractivity contribution is 0.0372. The van der Waals surface area contributed by atoms with Crippen molar-refractivity contribution in [2.24, 2.45) is 0 Å². The van der Waals surface area contributed by atoms with Crippen LogP contribution in [0.3, 0.4) is 0 Å². The molecular formula is C15H21N5S. The lowest BCUT2D eigenvalue weighted by Crippen LogP contribution is -2.57. The fourth-order valence-corrected chi connectivity index (χ4v) is 4.62. The van der Waals surface area contributed by atoms with E-state index in [2.05, 4.69) is 36.8 Å². The van der Waals surface area contributed by atoms with Crippen molar-refractivity contribution in [3.8, 4) is 0 Å². The number of thiazole rings is 1. The maximum Gasteiger partial charge on any atom is 0.107 e. The molecular weight excluding hydrogens is 282 g/mol. The molecule has 0 amide bonds. The van der Waals surface area contributed by atoms with Crippen molar-refractivity contribution in [2.75, 3.05) is 26.7 Å². The number of aromatic nitrogens is 3. The summed E-state index contributed by atoms with van der Waals surface area (Å²) < 4.78 is 2.45. The minimum Gasteiger partial charge on any atom is -0.325 e. The number of fused-ring (bicyclic) bond motifs is 2. The molecule has 0 saturated carbocycles. The van der Waals surface area contributed by atoms with Crippen molar-refractivity contribution in [1.29, 1.82) is 0 Å². The lowest BCUT2D eigenvalue weighted by Gasteiger charge is -2.48. The third kappa shape index (κ3) is 2.41. The van der Waals surface area contributed by atoms with Gasteiger partial charge in [0, 0.05) is 37.4 Å². The lowest BCUT2D eigenvalue weighted by atomic mass is 9.86. The zero-order chi connectivity index (χ0) is 14.3. The first kappa shape index (κ1) is 13.4. The van der Waals surface area contributed by atoms with Gasteiger partial charge in [-0.15, -0.1) is 11.3 Å². The summed E-state index contributed by atoms with van der Waals surface area (Å²) in [7, 11) is 2.22. The number of nitrogens with zero attached hydrogens (tertiary/aromatic N) is 5. The van der Waals surface area contributed by atoms with Gasteiger partial charge in [-0.25, -0.2) is 9.97 Å². The zero-order valence-corrected chi connectivity index (χ0v) is 13.2. The minimum atomic E-state index is 0.189. The fraction of sp³-hybridized carbons (Fsp3) is 0.600. The molecule has 0 aromatic carbocycles. The second kappa shape index (κ2) is 5.19. The molecule has 21 heavy (non-hydrogen) atoms. The van der Waals surface area contributed by atoms with Crippen molar-refractivity contribution >= 4 is 11.3 Å². The Bertz CT molecular complexity index is 607. The monoisotopic (exact) mass is 303 g/mol. The molecule has 1 atom stereocenters. The highest BCUT2D eigenvalue weighted by atomic mass is 32.1. The van der Waals surface area contributed by atoms with Crippen LogP contribution in [0.4, 0.5) is 0 Å². The van der Waals surface area contributed by atoms with Gasteiger partial charge >= 0.3 is 0 Å². The molecule has 1 unspecified atom stereocenters. The second-order valence-electron chi connectivity index (χ2n) is 6.39. The van der Waals surface area contributed by atoms with Crippen LogP contribution in [0.1, 0.15) is 23.5 Å². The molecule has 2 aromatic rings. The number of hydrogen-bond donors (Lipinski definition) is 0. The SMILES string of the molecule is CN1Cc2cncn2C2(CCCN(Cc3nccs3)C2)C1. The summed E-state index contributed by atoms with van der Waals surface area (Å²) in [6.45, 7) is 5.38. The Morgan fingerprint density at radius 3 is 3.19 bits per heavy atom. The van der Waals surface area contributed by atoms with Gasteiger partial charge in [0.1, 0.15) is 5.01 Å². The van der Waals surface area contributed by atoms with Gasteiger partial charge in [-0.1, -0.05) is 0 Å². The van der Waals surface area contributed by atoms with Crippen molar-refractivity contribution in [3.05, 3.63) is 34.8 Å². The van der Waals surface area contributed by atoms with E-state index in [1.807, 2.05) is 18.7 Å². The maximum absolute atomic E-state index is 4.44. The summed E-state index contributed by atoms with van der Waals surface area (Å²) in [6.07, 6.45) is 8.46. The predicted octanol–water partition coefficient (Wildman–Crippen LogP) is 1.78. The van der Waals surface area contributed by atoms with Crippen LogP contribution in [0.15, 0.2) is 24.1 Å². The molecule has 6 heteroatoms. The Morgan fingerprint density at radius 2 is 2.33 bits per heavy atom. The fourth-order valence-electron chi connectivity index (χ4n) is 3.97. The largest absolute Gasteiger partial charge is 0.325 e. The molecule has 4 heterocycles. The van der Waals surface area contributed by atoms with Gasteiger partial charge in [0.25, 0.3) is 0 Å². The van der Waals surface area contributed by atoms with E-state index in [9.17, 15) is 0 Å². The molecule has 1 fully saturated rings. The summed E-state index contributed by atoms with van der Waals surface area (Å²) in [6, 6.07) is 0. The maximum atomic E-state index is 4.44. The number of piperidine rings is 1. The van der Waals surface area contributed by atoms with Crippen LogP contribution < -0.4 is 0 Å². The minimum absolute atomic E-state index is 0.189. The van der Waals surface area contributed by atoms with Gasteiger partial charge in [0.15, 0.2) is 0 Å². The van der Waals surface area contributed by atoms with E-state index in [1.54, 1.807) is 11.3 Å². The predicted molar refractivity (Wildman–Crippen MR) is 83.2 cm³/mol. The summed E-state index contributed by atoms with van der Waals surface area (Å²) >= 11 is 1.76. The Kier molecular flexibility index (Phi) is 3.32. The van der Waals surface area contributed by atoms with Crippen molar-refractivity contribution in [1.82, 2.24) is 24.3 Å². The van der Waals surface area contributed by atoms with E-state index < -0.39 is 0 Å². The molecule has 0 bridgehead atoms. The first-order valence-corrected chi connectivity index (χ1v) is 8.44. The van der Waals surface area contributed by atoms with Crippen LogP contribution in [0.5, 0.6) is 0 Å². The standard InChI is InChI=1S/C15H21N5S/c1-18-8-13-7-16-12-20(13)15(10-18)3-2-5-19(11-15)9-14-17-4-6-21-14/h4,6-7,12H,2-3,5,8-11H2,1H3. The van der Waals surface area contributed by atoms with E-state index in [0.717, 1.165) is 26.2 Å². The molecule has 1 spiro atoms. The van der Waals surface area contributed by atoms with Gasteiger partial charge in [-0.2, -0.15) is 0 Å². The highest BCUT2D eigenvalue weighted by Gasteiger charge is 2.41. The van der Waals surface area contributed by atoms with Gasteiger partial charge in [-0.05, 0) is 26.4 Å². The number of likely N-dealkylation sites (N-methyl/N-ethyl adjacent to an activating group) is 1. The van der Waals surface area contributed by atoms with Crippen molar-refractivity contribution in [2.45, 2.75) is 31.5 Å². The summed E-state index contributed by atoms with van der Waals surface area (Å²) in [5, 5.41) is 3.29. The number of rotatable bonds is 2. The third-order valence-electron chi connectivity index (χ3n) is 4.70.